The SMILES string of the molecule is Cc1cc(C)nc(NS(=O)(=O)OC(=O)c2ccccc2)n1. The molecule has 0 unspecified atom stereocenters. The highest BCUT2D eigenvalue weighted by Gasteiger charge is 2.20. The van der Waals surface area contributed by atoms with Crippen LogP contribution in [0.15, 0.2) is 36.4 Å². The van der Waals surface area contributed by atoms with Crippen molar-refractivity contribution in [2.75, 3.05) is 4.72 Å². The number of aryl methyl sites for hydroxylation is 2. The Labute approximate surface area is 122 Å². The third kappa shape index (κ3) is 4.25. The van der Waals surface area contributed by atoms with E-state index in [-0.39, 0.29) is 11.5 Å². The molecule has 0 atom stereocenters. The molecule has 110 valence electrons. The fourth-order valence-electron chi connectivity index (χ4n) is 1.63. The lowest BCUT2D eigenvalue weighted by atomic mass is 10.2. The fourth-order valence-corrected chi connectivity index (χ4v) is 2.28. The molecule has 0 spiro atoms. The van der Waals surface area contributed by atoms with E-state index in [0.717, 1.165) is 0 Å². The third-order valence-corrected chi connectivity index (χ3v) is 3.20. The Kier molecular flexibility index (Phi) is 4.18. The summed E-state index contributed by atoms with van der Waals surface area (Å²) in [7, 11) is -4.34. The van der Waals surface area contributed by atoms with Gasteiger partial charge in [0.25, 0.3) is 0 Å². The van der Waals surface area contributed by atoms with Gasteiger partial charge in [0.1, 0.15) is 0 Å². The van der Waals surface area contributed by atoms with Crippen molar-refractivity contribution in [3.63, 3.8) is 0 Å². The van der Waals surface area contributed by atoms with Crippen molar-refractivity contribution >= 4 is 22.2 Å². The maximum atomic E-state index is 11.8. The van der Waals surface area contributed by atoms with Gasteiger partial charge in [0.05, 0.1) is 5.56 Å². The lowest BCUT2D eigenvalue weighted by Crippen LogP contribution is -2.22. The Morgan fingerprint density at radius 2 is 1.67 bits per heavy atom. The quantitative estimate of drug-likeness (QED) is 0.921. The Bertz CT molecular complexity index is 740. The van der Waals surface area contributed by atoms with Gasteiger partial charge in [-0.1, -0.05) is 18.2 Å². The van der Waals surface area contributed by atoms with Gasteiger partial charge < -0.3 is 4.18 Å². The minimum Gasteiger partial charge on any atom is -0.325 e. The van der Waals surface area contributed by atoms with Crippen molar-refractivity contribution in [1.29, 1.82) is 0 Å². The molecule has 1 aromatic carbocycles. The number of rotatable bonds is 4. The van der Waals surface area contributed by atoms with Crippen LogP contribution in [0.1, 0.15) is 21.7 Å². The summed E-state index contributed by atoms with van der Waals surface area (Å²) in [5, 5.41) is 0. The van der Waals surface area contributed by atoms with Crippen LogP contribution in [0.3, 0.4) is 0 Å². The molecule has 0 bridgehead atoms. The van der Waals surface area contributed by atoms with Crippen LogP contribution in [0.25, 0.3) is 0 Å². The first-order valence-electron chi connectivity index (χ1n) is 5.99. The number of nitrogens with zero attached hydrogens (tertiary/aromatic N) is 2. The zero-order valence-electron chi connectivity index (χ0n) is 11.4. The molecule has 1 aromatic heterocycles. The average molecular weight is 307 g/mol. The van der Waals surface area contributed by atoms with E-state index in [4.69, 9.17) is 0 Å². The van der Waals surface area contributed by atoms with Crippen molar-refractivity contribution < 1.29 is 17.4 Å². The smallest absolute Gasteiger partial charge is 0.325 e. The van der Waals surface area contributed by atoms with E-state index in [1.807, 2.05) is 4.72 Å². The second-order valence-electron chi connectivity index (χ2n) is 4.27. The number of benzene rings is 1. The summed E-state index contributed by atoms with van der Waals surface area (Å²) < 4.78 is 30.0. The topological polar surface area (TPSA) is 98.3 Å². The molecule has 21 heavy (non-hydrogen) atoms. The first-order chi connectivity index (χ1) is 9.85. The molecule has 2 rings (SSSR count). The molecular weight excluding hydrogens is 294 g/mol. The van der Waals surface area contributed by atoms with Gasteiger partial charge in [-0.05, 0) is 32.0 Å². The van der Waals surface area contributed by atoms with Gasteiger partial charge in [-0.3, -0.25) is 0 Å². The molecule has 0 saturated heterocycles. The Morgan fingerprint density at radius 1 is 1.10 bits per heavy atom. The highest BCUT2D eigenvalue weighted by atomic mass is 32.2. The van der Waals surface area contributed by atoms with Crippen LogP contribution in [0, 0.1) is 13.8 Å². The lowest BCUT2D eigenvalue weighted by Gasteiger charge is -2.07. The van der Waals surface area contributed by atoms with Crippen LogP contribution in [0.5, 0.6) is 0 Å². The molecule has 7 nitrogen and oxygen atoms in total. The van der Waals surface area contributed by atoms with E-state index in [1.165, 1.54) is 12.1 Å². The molecule has 0 saturated carbocycles. The molecule has 8 heteroatoms. The van der Waals surface area contributed by atoms with E-state index in [9.17, 15) is 13.2 Å². The molecule has 0 amide bonds. The summed E-state index contributed by atoms with van der Waals surface area (Å²) in [6, 6.07) is 9.49. The zero-order chi connectivity index (χ0) is 15.5. The number of carbonyl (C=O) groups excluding carboxylic acids is 1. The Hall–Kier alpha value is -2.48. The standard InChI is InChI=1S/C13H13N3O4S/c1-9-8-10(2)15-13(14-9)16-21(18,19)20-12(17)11-6-4-3-5-7-11/h3-8H,1-2H3,(H,14,15,16). The molecule has 0 aliphatic heterocycles. The van der Waals surface area contributed by atoms with Gasteiger partial charge in [-0.25, -0.2) is 19.5 Å². The van der Waals surface area contributed by atoms with Gasteiger partial charge in [0, 0.05) is 11.4 Å². The van der Waals surface area contributed by atoms with E-state index < -0.39 is 16.3 Å². The van der Waals surface area contributed by atoms with E-state index in [0.29, 0.717) is 11.4 Å². The first-order valence-corrected chi connectivity index (χ1v) is 7.40. The van der Waals surface area contributed by atoms with Crippen LogP contribution in [0.2, 0.25) is 0 Å². The largest absolute Gasteiger partial charge is 0.412 e. The molecule has 2 aromatic rings. The summed E-state index contributed by atoms with van der Waals surface area (Å²) in [5.74, 6) is -1.12. The zero-order valence-corrected chi connectivity index (χ0v) is 12.2. The van der Waals surface area contributed by atoms with Gasteiger partial charge in [-0.2, -0.15) is 8.42 Å². The summed E-state index contributed by atoms with van der Waals surface area (Å²) >= 11 is 0. The molecule has 0 aliphatic rings. The molecule has 0 radical (unpaired) electrons. The van der Waals surface area contributed by atoms with Crippen molar-refractivity contribution in [3.8, 4) is 0 Å². The maximum absolute atomic E-state index is 11.8. The monoisotopic (exact) mass is 307 g/mol. The van der Waals surface area contributed by atoms with Crippen LogP contribution in [0.4, 0.5) is 5.95 Å². The van der Waals surface area contributed by atoms with Crippen molar-refractivity contribution in [3.05, 3.63) is 53.3 Å². The van der Waals surface area contributed by atoms with Crippen LogP contribution < -0.4 is 4.72 Å². The van der Waals surface area contributed by atoms with Gasteiger partial charge >= 0.3 is 16.3 Å². The lowest BCUT2D eigenvalue weighted by molar-refractivity contribution is 0.0748. The van der Waals surface area contributed by atoms with Crippen molar-refractivity contribution in [1.82, 2.24) is 9.97 Å². The summed E-state index contributed by atoms with van der Waals surface area (Å²) in [5.41, 5.74) is 1.31. The summed E-state index contributed by atoms with van der Waals surface area (Å²) in [4.78, 5) is 19.5. The highest BCUT2D eigenvalue weighted by Crippen LogP contribution is 2.09. The molecule has 1 N–H and O–H groups in total. The summed E-state index contributed by atoms with van der Waals surface area (Å²) in [6.45, 7) is 3.39. The third-order valence-electron chi connectivity index (χ3n) is 2.39. The van der Waals surface area contributed by atoms with Crippen molar-refractivity contribution in [2.45, 2.75) is 13.8 Å². The predicted molar refractivity (Wildman–Crippen MR) is 75.9 cm³/mol. The molecule has 0 aliphatic carbocycles. The fraction of sp³-hybridized carbons (Fsp3) is 0.154. The molecule has 1 heterocycles. The number of anilines is 1. The predicted octanol–water partition coefficient (Wildman–Crippen LogP) is 1.61. The number of carbonyl (C=O) groups is 1. The number of hydrogen-bond acceptors (Lipinski definition) is 6. The number of aromatic nitrogens is 2. The van der Waals surface area contributed by atoms with Crippen molar-refractivity contribution in [2.24, 2.45) is 0 Å². The summed E-state index contributed by atoms with van der Waals surface area (Å²) in [6.07, 6.45) is 0. The van der Waals surface area contributed by atoms with Gasteiger partial charge in [-0.15, -0.1) is 0 Å². The molecule has 0 fully saturated rings. The second kappa shape index (κ2) is 5.88. The van der Waals surface area contributed by atoms with Crippen LogP contribution >= 0.6 is 0 Å². The average Bonchev–Trinajstić information content (AvgIpc) is 2.37. The number of hydrogen-bond donors (Lipinski definition) is 1. The first kappa shape index (κ1) is 14.9. The maximum Gasteiger partial charge on any atom is 0.412 e. The number of nitrogens with one attached hydrogen (secondary N) is 1. The normalized spacial score (nSPS) is 11.0. The molecular formula is C13H13N3O4S. The Balaban J connectivity index is 2.14. The second-order valence-corrected chi connectivity index (χ2v) is 5.55. The minimum atomic E-state index is -4.34. The Morgan fingerprint density at radius 3 is 2.24 bits per heavy atom. The van der Waals surface area contributed by atoms with Gasteiger partial charge in [0.15, 0.2) is 0 Å². The minimum absolute atomic E-state index is 0.129. The van der Waals surface area contributed by atoms with Gasteiger partial charge in [0.2, 0.25) is 5.95 Å². The highest BCUT2D eigenvalue weighted by molar-refractivity contribution is 7.88. The van der Waals surface area contributed by atoms with Crippen LogP contribution in [-0.2, 0) is 14.5 Å². The van der Waals surface area contributed by atoms with E-state index >= 15 is 0 Å². The van der Waals surface area contributed by atoms with E-state index in [1.54, 1.807) is 38.1 Å². The van der Waals surface area contributed by atoms with Crippen LogP contribution in [-0.4, -0.2) is 24.4 Å². The van der Waals surface area contributed by atoms with E-state index in [2.05, 4.69) is 14.2 Å².